The molecule has 1 unspecified atom stereocenters. The number of ketones is 1. The van der Waals surface area contributed by atoms with Gasteiger partial charge >= 0.3 is 5.97 Å². The predicted molar refractivity (Wildman–Crippen MR) is 78.1 cm³/mol. The average molecular weight is 284 g/mol. The van der Waals surface area contributed by atoms with E-state index in [1.807, 2.05) is 18.2 Å². The lowest BCUT2D eigenvalue weighted by Crippen LogP contribution is -2.27. The zero-order chi connectivity index (χ0) is 15.2. The third kappa shape index (κ3) is 3.92. The Labute approximate surface area is 122 Å². The number of carboxylic acid groups (broad SMARTS) is 1. The number of phenolic OH excluding ortho intramolecular Hbond substituents is 1. The summed E-state index contributed by atoms with van der Waals surface area (Å²) in [5.74, 6) is -2.64. The highest BCUT2D eigenvalue weighted by atomic mass is 16.4. The molecular formula is C17H16O4. The number of hydrogen-bond acceptors (Lipinski definition) is 3. The molecule has 0 amide bonds. The first-order valence-electron chi connectivity index (χ1n) is 6.64. The van der Waals surface area contributed by atoms with Gasteiger partial charge in [-0.25, -0.2) is 0 Å². The summed E-state index contributed by atoms with van der Waals surface area (Å²) in [5, 5.41) is 18.9. The van der Waals surface area contributed by atoms with Gasteiger partial charge in [0.25, 0.3) is 0 Å². The molecule has 4 nitrogen and oxygen atoms in total. The van der Waals surface area contributed by atoms with E-state index in [0.717, 1.165) is 5.56 Å². The third-order valence-electron chi connectivity index (χ3n) is 3.33. The van der Waals surface area contributed by atoms with Crippen LogP contribution in [-0.4, -0.2) is 22.0 Å². The number of carbonyl (C=O) groups excluding carboxylic acids is 1. The highest BCUT2D eigenvalue weighted by Crippen LogP contribution is 2.19. The van der Waals surface area contributed by atoms with Crippen molar-refractivity contribution in [1.82, 2.24) is 0 Å². The SMILES string of the molecule is O=C(O)C(Cc1ccccc1)C(=O)Cc1ccccc1O. The fourth-order valence-corrected chi connectivity index (χ4v) is 2.16. The summed E-state index contributed by atoms with van der Waals surface area (Å²) in [7, 11) is 0. The quantitative estimate of drug-likeness (QED) is 0.799. The minimum absolute atomic E-state index is 0.00898. The summed E-state index contributed by atoms with van der Waals surface area (Å²) >= 11 is 0. The number of para-hydroxylation sites is 1. The van der Waals surface area contributed by atoms with E-state index in [4.69, 9.17) is 0 Å². The van der Waals surface area contributed by atoms with Crippen molar-refractivity contribution in [3.8, 4) is 5.75 Å². The number of phenols is 1. The fourth-order valence-electron chi connectivity index (χ4n) is 2.16. The molecule has 21 heavy (non-hydrogen) atoms. The Balaban J connectivity index is 2.13. The molecule has 1 atom stereocenters. The third-order valence-corrected chi connectivity index (χ3v) is 3.33. The van der Waals surface area contributed by atoms with Crippen LogP contribution in [0.3, 0.4) is 0 Å². The van der Waals surface area contributed by atoms with Gasteiger partial charge in [0.15, 0.2) is 5.78 Å². The Hall–Kier alpha value is -2.62. The van der Waals surface area contributed by atoms with Crippen molar-refractivity contribution in [1.29, 1.82) is 0 Å². The van der Waals surface area contributed by atoms with Crippen LogP contribution in [0.1, 0.15) is 11.1 Å². The highest BCUT2D eigenvalue weighted by Gasteiger charge is 2.26. The fraction of sp³-hybridized carbons (Fsp3) is 0.176. The zero-order valence-corrected chi connectivity index (χ0v) is 11.4. The molecule has 4 heteroatoms. The van der Waals surface area contributed by atoms with E-state index in [-0.39, 0.29) is 18.6 Å². The van der Waals surface area contributed by atoms with Crippen LogP contribution in [0, 0.1) is 5.92 Å². The summed E-state index contributed by atoms with van der Waals surface area (Å²) in [6.07, 6.45) is 0.0685. The van der Waals surface area contributed by atoms with E-state index in [0.29, 0.717) is 5.56 Å². The number of aromatic hydroxyl groups is 1. The van der Waals surface area contributed by atoms with Crippen LogP contribution in [0.4, 0.5) is 0 Å². The highest BCUT2D eigenvalue weighted by molar-refractivity contribution is 5.99. The molecule has 0 radical (unpaired) electrons. The number of carbonyl (C=O) groups is 2. The first-order chi connectivity index (χ1) is 10.1. The zero-order valence-electron chi connectivity index (χ0n) is 11.4. The van der Waals surface area contributed by atoms with Gasteiger partial charge in [-0.05, 0) is 18.1 Å². The second kappa shape index (κ2) is 6.70. The van der Waals surface area contributed by atoms with E-state index in [9.17, 15) is 19.8 Å². The van der Waals surface area contributed by atoms with Crippen molar-refractivity contribution >= 4 is 11.8 Å². The molecule has 0 aromatic heterocycles. The molecule has 0 aliphatic rings. The van der Waals surface area contributed by atoms with E-state index in [1.165, 1.54) is 6.07 Å². The molecule has 0 saturated carbocycles. The number of hydrogen-bond donors (Lipinski definition) is 2. The molecule has 0 spiro atoms. The summed E-state index contributed by atoms with van der Waals surface area (Å²) in [5.41, 5.74) is 1.25. The molecular weight excluding hydrogens is 268 g/mol. The molecule has 2 aromatic rings. The van der Waals surface area contributed by atoms with Gasteiger partial charge in [-0.2, -0.15) is 0 Å². The van der Waals surface area contributed by atoms with E-state index in [1.54, 1.807) is 30.3 Å². The maximum atomic E-state index is 12.2. The van der Waals surface area contributed by atoms with Crippen LogP contribution in [0.2, 0.25) is 0 Å². The molecule has 0 saturated heterocycles. The van der Waals surface area contributed by atoms with Gasteiger partial charge in [0, 0.05) is 12.0 Å². The molecule has 108 valence electrons. The van der Waals surface area contributed by atoms with E-state index in [2.05, 4.69) is 0 Å². The van der Waals surface area contributed by atoms with Gasteiger partial charge in [-0.3, -0.25) is 9.59 Å². The van der Waals surface area contributed by atoms with Crippen molar-refractivity contribution in [2.45, 2.75) is 12.8 Å². The minimum Gasteiger partial charge on any atom is -0.508 e. The lowest BCUT2D eigenvalue weighted by Gasteiger charge is -2.12. The first kappa shape index (κ1) is 14.8. The van der Waals surface area contributed by atoms with Gasteiger partial charge in [0.05, 0.1) is 0 Å². The number of Topliss-reactive ketones (excluding diaryl/α,β-unsaturated/α-hetero) is 1. The van der Waals surface area contributed by atoms with Gasteiger partial charge in [0.1, 0.15) is 11.7 Å². The van der Waals surface area contributed by atoms with Crippen LogP contribution in [0.15, 0.2) is 54.6 Å². The second-order valence-corrected chi connectivity index (χ2v) is 4.85. The predicted octanol–water partition coefficient (Wildman–Crippen LogP) is 2.45. The number of aliphatic carboxylic acids is 1. The Bertz CT molecular complexity index is 634. The molecule has 2 aromatic carbocycles. The molecule has 0 fully saturated rings. The normalized spacial score (nSPS) is 11.8. The maximum Gasteiger partial charge on any atom is 0.314 e. The first-order valence-corrected chi connectivity index (χ1v) is 6.64. The van der Waals surface area contributed by atoms with Crippen molar-refractivity contribution in [2.24, 2.45) is 5.92 Å². The van der Waals surface area contributed by atoms with Crippen molar-refractivity contribution in [2.75, 3.05) is 0 Å². The van der Waals surface area contributed by atoms with E-state index < -0.39 is 17.7 Å². The van der Waals surface area contributed by atoms with Crippen molar-refractivity contribution < 1.29 is 19.8 Å². The molecule has 0 aliphatic carbocycles. The van der Waals surface area contributed by atoms with Gasteiger partial charge < -0.3 is 10.2 Å². The van der Waals surface area contributed by atoms with Crippen molar-refractivity contribution in [3.63, 3.8) is 0 Å². The topological polar surface area (TPSA) is 74.6 Å². The monoisotopic (exact) mass is 284 g/mol. The largest absolute Gasteiger partial charge is 0.508 e. The lowest BCUT2D eigenvalue weighted by molar-refractivity contribution is -0.146. The van der Waals surface area contributed by atoms with Crippen molar-refractivity contribution in [3.05, 3.63) is 65.7 Å². The van der Waals surface area contributed by atoms with Crippen LogP contribution in [0.25, 0.3) is 0 Å². The molecule has 2 rings (SSSR count). The Morgan fingerprint density at radius 1 is 0.952 bits per heavy atom. The average Bonchev–Trinajstić information content (AvgIpc) is 2.48. The summed E-state index contributed by atoms with van der Waals surface area (Å²) in [6.45, 7) is 0. The lowest BCUT2D eigenvalue weighted by atomic mass is 9.91. The second-order valence-electron chi connectivity index (χ2n) is 4.85. The molecule has 0 aliphatic heterocycles. The summed E-state index contributed by atoms with van der Waals surface area (Å²) in [6, 6.07) is 15.5. The maximum absolute atomic E-state index is 12.2. The summed E-state index contributed by atoms with van der Waals surface area (Å²) in [4.78, 5) is 23.6. The number of carboxylic acids is 1. The van der Waals surface area contributed by atoms with Gasteiger partial charge in [-0.1, -0.05) is 48.5 Å². The Morgan fingerprint density at radius 2 is 1.57 bits per heavy atom. The standard InChI is InChI=1S/C17H16O4/c18-15-9-5-4-8-13(15)11-16(19)14(17(20)21)10-12-6-2-1-3-7-12/h1-9,14,18H,10-11H2,(H,20,21). The Morgan fingerprint density at radius 3 is 2.19 bits per heavy atom. The van der Waals surface area contributed by atoms with Gasteiger partial charge in [-0.15, -0.1) is 0 Å². The van der Waals surface area contributed by atoms with Crippen LogP contribution >= 0.6 is 0 Å². The van der Waals surface area contributed by atoms with Crippen LogP contribution in [-0.2, 0) is 22.4 Å². The molecule has 0 bridgehead atoms. The Kier molecular flexibility index (Phi) is 4.72. The van der Waals surface area contributed by atoms with Crippen LogP contribution < -0.4 is 0 Å². The number of rotatable bonds is 6. The summed E-state index contributed by atoms with van der Waals surface area (Å²) < 4.78 is 0. The van der Waals surface area contributed by atoms with E-state index >= 15 is 0 Å². The molecule has 2 N–H and O–H groups in total. The van der Waals surface area contributed by atoms with Gasteiger partial charge in [0.2, 0.25) is 0 Å². The smallest absolute Gasteiger partial charge is 0.314 e. The molecule has 0 heterocycles. The number of benzene rings is 2. The minimum atomic E-state index is -1.14. The van der Waals surface area contributed by atoms with Crippen LogP contribution in [0.5, 0.6) is 5.75 Å².